The predicted molar refractivity (Wildman–Crippen MR) is 126 cm³/mol. The lowest BCUT2D eigenvalue weighted by Gasteiger charge is -2.28. The van der Waals surface area contributed by atoms with Gasteiger partial charge in [0.25, 0.3) is 0 Å². The van der Waals surface area contributed by atoms with Crippen LogP contribution in [0.4, 0.5) is 17.2 Å². The van der Waals surface area contributed by atoms with Crippen LogP contribution in [0.5, 0.6) is 0 Å². The Hall–Kier alpha value is -3.38. The number of anilines is 3. The van der Waals surface area contributed by atoms with Crippen molar-refractivity contribution in [2.45, 2.75) is 44.2 Å². The largest absolute Gasteiger partial charge is 0.366 e. The maximum Gasteiger partial charge on any atom is 0.177 e. The van der Waals surface area contributed by atoms with E-state index in [-0.39, 0.29) is 0 Å². The molecule has 5 rings (SSSR count). The average molecular weight is 413 g/mol. The summed E-state index contributed by atoms with van der Waals surface area (Å²) >= 11 is 0. The predicted octanol–water partition coefficient (Wildman–Crippen LogP) is 4.75. The molecule has 0 bridgehead atoms. The van der Waals surface area contributed by atoms with E-state index in [1.165, 1.54) is 5.56 Å². The lowest BCUT2D eigenvalue weighted by Crippen LogP contribution is -2.33. The second kappa shape index (κ2) is 8.78. The van der Waals surface area contributed by atoms with Crippen LogP contribution in [0.25, 0.3) is 5.65 Å². The van der Waals surface area contributed by atoms with Gasteiger partial charge in [0.2, 0.25) is 0 Å². The van der Waals surface area contributed by atoms with E-state index in [0.29, 0.717) is 12.1 Å². The Bertz CT molecular complexity index is 1130. The van der Waals surface area contributed by atoms with Gasteiger partial charge in [-0.25, -0.2) is 9.50 Å². The van der Waals surface area contributed by atoms with E-state index >= 15 is 0 Å². The first kappa shape index (κ1) is 19.6. The van der Waals surface area contributed by atoms with Crippen LogP contribution in [0.2, 0.25) is 0 Å². The molecule has 1 saturated carbocycles. The van der Waals surface area contributed by atoms with Gasteiger partial charge >= 0.3 is 0 Å². The molecule has 6 heteroatoms. The van der Waals surface area contributed by atoms with Gasteiger partial charge in [-0.15, -0.1) is 5.10 Å². The van der Waals surface area contributed by atoms with Gasteiger partial charge in [0.05, 0.1) is 5.69 Å². The number of rotatable bonds is 6. The van der Waals surface area contributed by atoms with Gasteiger partial charge in [0.1, 0.15) is 0 Å². The quantitative estimate of drug-likeness (QED) is 0.426. The number of benzene rings is 2. The molecule has 0 radical (unpaired) electrons. The third-order valence-corrected chi connectivity index (χ3v) is 6.02. The monoisotopic (exact) mass is 412 g/mol. The molecule has 0 unspecified atom stereocenters. The van der Waals surface area contributed by atoms with E-state index in [9.17, 15) is 0 Å². The molecule has 1 fully saturated rings. The van der Waals surface area contributed by atoms with Crippen molar-refractivity contribution >= 4 is 22.8 Å². The number of fused-ring (bicyclic) bond motifs is 1. The molecule has 0 amide bonds. The van der Waals surface area contributed by atoms with Gasteiger partial charge in [0.15, 0.2) is 11.5 Å². The topological polar surface area (TPSA) is 80.3 Å². The minimum atomic E-state index is 0.321. The van der Waals surface area contributed by atoms with Crippen molar-refractivity contribution in [3.63, 3.8) is 0 Å². The highest BCUT2D eigenvalue weighted by atomic mass is 15.3. The van der Waals surface area contributed by atoms with Crippen LogP contribution < -0.4 is 16.4 Å². The standard InChI is InChI=1S/C25H28N6/c26-19-11-13-21(14-12-19)29-24-22(17-18-7-3-1-4-8-18)23(25-27-15-16-31(25)30-24)28-20-9-5-2-6-10-20/h1-10,15-16,19,21,28H,11-14,17,26H2,(H,29,30). The van der Waals surface area contributed by atoms with Crippen molar-refractivity contribution < 1.29 is 0 Å². The zero-order chi connectivity index (χ0) is 21.0. The molecule has 158 valence electrons. The van der Waals surface area contributed by atoms with Crippen LogP contribution in [-0.4, -0.2) is 26.7 Å². The number of aromatic nitrogens is 3. The van der Waals surface area contributed by atoms with Crippen molar-refractivity contribution in [2.24, 2.45) is 5.73 Å². The van der Waals surface area contributed by atoms with Crippen molar-refractivity contribution in [3.05, 3.63) is 84.2 Å². The molecule has 1 aliphatic carbocycles. The van der Waals surface area contributed by atoms with Gasteiger partial charge in [-0.05, 0) is 43.4 Å². The number of hydrogen-bond acceptors (Lipinski definition) is 5. The molecular formula is C25H28N6. The molecule has 31 heavy (non-hydrogen) atoms. The molecule has 6 nitrogen and oxygen atoms in total. The van der Waals surface area contributed by atoms with Crippen LogP contribution in [-0.2, 0) is 6.42 Å². The van der Waals surface area contributed by atoms with Gasteiger partial charge < -0.3 is 16.4 Å². The fourth-order valence-corrected chi connectivity index (χ4v) is 4.32. The summed E-state index contributed by atoms with van der Waals surface area (Å²) in [6, 6.07) is 21.5. The molecule has 2 heterocycles. The second-order valence-electron chi connectivity index (χ2n) is 8.31. The fraction of sp³-hybridized carbons (Fsp3) is 0.280. The summed E-state index contributed by atoms with van der Waals surface area (Å²) in [5.74, 6) is 0.910. The normalized spacial score (nSPS) is 18.7. The van der Waals surface area contributed by atoms with E-state index in [4.69, 9.17) is 10.8 Å². The molecule has 0 aliphatic heterocycles. The highest BCUT2D eigenvalue weighted by Crippen LogP contribution is 2.33. The molecule has 2 aromatic heterocycles. The third-order valence-electron chi connectivity index (χ3n) is 6.02. The van der Waals surface area contributed by atoms with Crippen molar-refractivity contribution in [3.8, 4) is 0 Å². The summed E-state index contributed by atoms with van der Waals surface area (Å²) < 4.78 is 1.86. The highest BCUT2D eigenvalue weighted by Gasteiger charge is 2.23. The number of nitrogens with zero attached hydrogens (tertiary/aromatic N) is 3. The van der Waals surface area contributed by atoms with Crippen LogP contribution in [0, 0.1) is 0 Å². The molecule has 0 saturated heterocycles. The molecule has 4 N–H and O–H groups in total. The van der Waals surface area contributed by atoms with Crippen molar-refractivity contribution in [1.29, 1.82) is 0 Å². The lowest BCUT2D eigenvalue weighted by molar-refractivity contribution is 0.410. The van der Waals surface area contributed by atoms with Crippen LogP contribution >= 0.6 is 0 Å². The van der Waals surface area contributed by atoms with E-state index in [2.05, 4.69) is 52.0 Å². The lowest BCUT2D eigenvalue weighted by atomic mass is 9.91. The summed E-state index contributed by atoms with van der Waals surface area (Å²) in [7, 11) is 0. The summed E-state index contributed by atoms with van der Waals surface area (Å²) in [5.41, 5.74) is 11.3. The molecule has 4 aromatic rings. The number of para-hydroxylation sites is 1. The van der Waals surface area contributed by atoms with Gasteiger partial charge in [-0.2, -0.15) is 0 Å². The minimum absolute atomic E-state index is 0.321. The number of hydrogen-bond donors (Lipinski definition) is 3. The summed E-state index contributed by atoms with van der Waals surface area (Å²) in [5, 5.41) is 12.3. The molecule has 2 aromatic carbocycles. The van der Waals surface area contributed by atoms with Crippen LogP contribution in [0.15, 0.2) is 73.1 Å². The zero-order valence-electron chi connectivity index (χ0n) is 17.5. The maximum atomic E-state index is 6.13. The minimum Gasteiger partial charge on any atom is -0.366 e. The smallest absolute Gasteiger partial charge is 0.177 e. The Morgan fingerprint density at radius 2 is 1.65 bits per heavy atom. The highest BCUT2D eigenvalue weighted by molar-refractivity contribution is 5.81. The summed E-state index contributed by atoms with van der Waals surface area (Å²) in [6.45, 7) is 0. The van der Waals surface area contributed by atoms with Gasteiger partial charge in [-0.1, -0.05) is 48.5 Å². The Labute approximate surface area is 182 Å². The number of nitrogens with two attached hydrogens (primary N) is 1. The summed E-state index contributed by atoms with van der Waals surface area (Å²) in [6.07, 6.45) is 8.70. The van der Waals surface area contributed by atoms with Gasteiger partial charge in [0, 0.05) is 42.1 Å². The van der Waals surface area contributed by atoms with E-state index in [0.717, 1.165) is 60.5 Å². The van der Waals surface area contributed by atoms with E-state index < -0.39 is 0 Å². The van der Waals surface area contributed by atoms with E-state index in [1.807, 2.05) is 35.0 Å². The molecule has 1 aliphatic rings. The molecule has 0 atom stereocenters. The van der Waals surface area contributed by atoms with Gasteiger partial charge in [-0.3, -0.25) is 0 Å². The average Bonchev–Trinajstić information content (AvgIpc) is 3.27. The summed E-state index contributed by atoms with van der Waals surface area (Å²) in [4.78, 5) is 4.61. The Kier molecular flexibility index (Phi) is 5.54. The second-order valence-corrected chi connectivity index (χ2v) is 8.31. The van der Waals surface area contributed by atoms with Crippen molar-refractivity contribution in [2.75, 3.05) is 10.6 Å². The zero-order valence-corrected chi connectivity index (χ0v) is 17.5. The SMILES string of the molecule is NC1CCC(Nc2nn3ccnc3c(Nc3ccccc3)c2Cc2ccccc2)CC1. The first-order chi connectivity index (χ1) is 15.3. The maximum absolute atomic E-state index is 6.13. The van der Waals surface area contributed by atoms with Crippen LogP contribution in [0.3, 0.4) is 0 Å². The third kappa shape index (κ3) is 4.39. The number of imidazole rings is 1. The van der Waals surface area contributed by atoms with Crippen LogP contribution in [0.1, 0.15) is 36.8 Å². The molecule has 0 spiro atoms. The Morgan fingerprint density at radius 1 is 0.935 bits per heavy atom. The first-order valence-electron chi connectivity index (χ1n) is 11.0. The Morgan fingerprint density at radius 3 is 2.39 bits per heavy atom. The Balaban J connectivity index is 1.59. The number of nitrogens with one attached hydrogen (secondary N) is 2. The first-order valence-corrected chi connectivity index (χ1v) is 11.0. The van der Waals surface area contributed by atoms with E-state index in [1.54, 1.807) is 6.20 Å². The molecular weight excluding hydrogens is 384 g/mol. The van der Waals surface area contributed by atoms with Crippen molar-refractivity contribution in [1.82, 2.24) is 14.6 Å². The fourth-order valence-electron chi connectivity index (χ4n) is 4.32.